The lowest BCUT2D eigenvalue weighted by molar-refractivity contribution is 0.0689. The van der Waals surface area contributed by atoms with E-state index in [1.165, 1.54) is 18.2 Å². The van der Waals surface area contributed by atoms with Crippen LogP contribution in [0.25, 0.3) is 33.1 Å². The van der Waals surface area contributed by atoms with Crippen molar-refractivity contribution in [2.24, 2.45) is 0 Å². The summed E-state index contributed by atoms with van der Waals surface area (Å²) in [6.07, 6.45) is 0. The van der Waals surface area contributed by atoms with Crippen molar-refractivity contribution in [3.8, 4) is 16.9 Å². The normalized spacial score (nSPS) is 12.0. The number of halogens is 3. The fourth-order valence-corrected chi connectivity index (χ4v) is 2.89. The molecule has 0 spiro atoms. The summed E-state index contributed by atoms with van der Waals surface area (Å²) >= 11 is 4.92. The van der Waals surface area contributed by atoms with Crippen molar-refractivity contribution in [3.63, 3.8) is 0 Å². The van der Waals surface area contributed by atoms with Gasteiger partial charge in [-0.3, -0.25) is 4.79 Å². The molecule has 2 aromatic carbocycles. The maximum atomic E-state index is 13.2. The molecule has 0 saturated heterocycles. The van der Waals surface area contributed by atoms with Gasteiger partial charge in [0.25, 0.3) is 0 Å². The third kappa shape index (κ3) is 3.06. The zero-order chi connectivity index (χ0) is 19.3. The van der Waals surface area contributed by atoms with E-state index in [0.29, 0.717) is 22.6 Å². The molecule has 0 aliphatic rings. The molecule has 5 nitrogen and oxygen atoms in total. The maximum Gasteiger partial charge on any atom is 0.379 e. The summed E-state index contributed by atoms with van der Waals surface area (Å²) in [7, 11) is 0. The summed E-state index contributed by atoms with van der Waals surface area (Å²) < 4.78 is 36.4. The topological polar surface area (TPSA) is 80.6 Å². The molecule has 8 heteroatoms. The number of benzene rings is 2. The summed E-state index contributed by atoms with van der Waals surface area (Å²) in [6, 6.07) is 10.8. The Labute approximate surface area is 154 Å². The van der Waals surface area contributed by atoms with E-state index >= 15 is 0 Å². The van der Waals surface area contributed by atoms with Crippen molar-refractivity contribution < 1.29 is 22.7 Å². The SMILES string of the molecule is O=c1cc(O)c2cc(-c3ccc4oc(C(F)(F)Cl)cc(=O)c4c3)ccc2o1. The lowest BCUT2D eigenvalue weighted by atomic mass is 10.0. The molecule has 0 amide bonds. The third-order valence-corrected chi connectivity index (χ3v) is 4.25. The van der Waals surface area contributed by atoms with E-state index in [1.54, 1.807) is 18.2 Å². The highest BCUT2D eigenvalue weighted by Crippen LogP contribution is 2.34. The molecule has 0 fully saturated rings. The number of hydrogen-bond donors (Lipinski definition) is 1. The predicted molar refractivity (Wildman–Crippen MR) is 95.4 cm³/mol. The van der Waals surface area contributed by atoms with Gasteiger partial charge in [-0.15, -0.1) is 0 Å². The molecule has 0 aliphatic carbocycles. The summed E-state index contributed by atoms with van der Waals surface area (Å²) in [5, 5.41) is 6.57. The first-order valence-electron chi connectivity index (χ1n) is 7.65. The summed E-state index contributed by atoms with van der Waals surface area (Å²) in [6.45, 7) is 0. The molecule has 4 aromatic rings. The number of fused-ring (bicyclic) bond motifs is 2. The molecule has 2 heterocycles. The van der Waals surface area contributed by atoms with Crippen LogP contribution < -0.4 is 11.1 Å². The van der Waals surface area contributed by atoms with Crippen LogP contribution in [0.3, 0.4) is 0 Å². The Hall–Kier alpha value is -3.19. The van der Waals surface area contributed by atoms with Crippen molar-refractivity contribution >= 4 is 33.5 Å². The molecule has 0 aliphatic heterocycles. The highest BCUT2D eigenvalue weighted by atomic mass is 35.5. The van der Waals surface area contributed by atoms with E-state index in [4.69, 9.17) is 20.4 Å². The van der Waals surface area contributed by atoms with Crippen LogP contribution in [-0.2, 0) is 5.38 Å². The number of aromatic hydroxyl groups is 1. The van der Waals surface area contributed by atoms with Gasteiger partial charge in [-0.1, -0.05) is 12.1 Å². The average molecular weight is 391 g/mol. The summed E-state index contributed by atoms with van der Waals surface area (Å²) in [5.74, 6) is -1.17. The Morgan fingerprint density at radius 3 is 2.07 bits per heavy atom. The average Bonchev–Trinajstić information content (AvgIpc) is 2.60. The van der Waals surface area contributed by atoms with Crippen LogP contribution in [0.4, 0.5) is 8.78 Å². The fraction of sp³-hybridized carbons (Fsp3) is 0.0526. The molecule has 0 bridgehead atoms. The van der Waals surface area contributed by atoms with E-state index in [1.807, 2.05) is 0 Å². The zero-order valence-corrected chi connectivity index (χ0v) is 14.1. The van der Waals surface area contributed by atoms with Crippen molar-refractivity contribution in [3.05, 3.63) is 74.9 Å². The van der Waals surface area contributed by atoms with Crippen molar-refractivity contribution in [1.82, 2.24) is 0 Å². The minimum atomic E-state index is -3.79. The molecule has 2 aromatic heterocycles. The van der Waals surface area contributed by atoms with Gasteiger partial charge in [0, 0.05) is 6.07 Å². The van der Waals surface area contributed by atoms with Crippen molar-refractivity contribution in [2.75, 3.05) is 0 Å². The van der Waals surface area contributed by atoms with E-state index in [-0.39, 0.29) is 22.3 Å². The van der Waals surface area contributed by atoms with Crippen molar-refractivity contribution in [2.45, 2.75) is 5.38 Å². The Bertz CT molecular complexity index is 1320. The number of alkyl halides is 3. The molecule has 0 radical (unpaired) electrons. The molecular formula is C19H9ClF2O5. The van der Waals surface area contributed by atoms with E-state index in [2.05, 4.69) is 0 Å². The standard InChI is InChI=1S/C19H9ClF2O5/c20-19(21,22)17-7-13(23)11-5-9(1-3-15(11)26-17)10-2-4-16-12(6-10)14(24)8-18(25)27-16/h1-8,24H. The molecule has 1 N–H and O–H groups in total. The Balaban J connectivity index is 1.90. The van der Waals surface area contributed by atoms with Crippen LogP contribution in [0.15, 0.2) is 67.0 Å². The van der Waals surface area contributed by atoms with Crippen LogP contribution in [-0.4, -0.2) is 5.11 Å². The first kappa shape index (κ1) is 17.2. The minimum Gasteiger partial charge on any atom is -0.507 e. The lowest BCUT2D eigenvalue weighted by Gasteiger charge is -2.09. The molecular weight excluding hydrogens is 382 g/mol. The molecule has 0 atom stereocenters. The summed E-state index contributed by atoms with van der Waals surface area (Å²) in [5.41, 5.74) is 0.0210. The highest BCUT2D eigenvalue weighted by Gasteiger charge is 2.32. The monoisotopic (exact) mass is 390 g/mol. The number of hydrogen-bond acceptors (Lipinski definition) is 5. The maximum absolute atomic E-state index is 13.2. The quantitative estimate of drug-likeness (QED) is 0.401. The van der Waals surface area contributed by atoms with Gasteiger partial charge in [-0.05, 0) is 47.0 Å². The lowest BCUT2D eigenvalue weighted by Crippen LogP contribution is -2.09. The van der Waals surface area contributed by atoms with Gasteiger partial charge in [-0.25, -0.2) is 4.79 Å². The van der Waals surface area contributed by atoms with Gasteiger partial charge in [0.15, 0.2) is 11.2 Å². The van der Waals surface area contributed by atoms with Crippen LogP contribution in [0.5, 0.6) is 5.75 Å². The number of rotatable bonds is 2. The first-order valence-corrected chi connectivity index (χ1v) is 8.02. The predicted octanol–water partition coefficient (Wildman–Crippen LogP) is 4.56. The smallest absolute Gasteiger partial charge is 0.379 e. The van der Waals surface area contributed by atoms with Gasteiger partial charge in [0.1, 0.15) is 16.9 Å². The van der Waals surface area contributed by atoms with E-state index in [0.717, 1.165) is 6.07 Å². The Morgan fingerprint density at radius 1 is 0.852 bits per heavy atom. The second-order valence-electron chi connectivity index (χ2n) is 5.85. The van der Waals surface area contributed by atoms with Crippen LogP contribution in [0.1, 0.15) is 5.76 Å². The Kier molecular flexibility index (Phi) is 3.78. The Morgan fingerprint density at radius 2 is 1.44 bits per heavy atom. The first-order chi connectivity index (χ1) is 12.7. The van der Waals surface area contributed by atoms with Crippen LogP contribution in [0, 0.1) is 0 Å². The highest BCUT2D eigenvalue weighted by molar-refractivity contribution is 6.21. The van der Waals surface area contributed by atoms with Crippen molar-refractivity contribution in [1.29, 1.82) is 0 Å². The molecule has 0 saturated carbocycles. The van der Waals surface area contributed by atoms with Crippen LogP contribution >= 0.6 is 11.6 Å². The second-order valence-corrected chi connectivity index (χ2v) is 6.32. The molecule has 136 valence electrons. The van der Waals surface area contributed by atoms with E-state index < -0.39 is 22.2 Å². The van der Waals surface area contributed by atoms with E-state index in [9.17, 15) is 23.5 Å². The molecule has 27 heavy (non-hydrogen) atoms. The molecule has 0 unspecified atom stereocenters. The van der Waals surface area contributed by atoms with Gasteiger partial charge in [0.05, 0.1) is 16.8 Å². The molecule has 4 rings (SSSR count). The van der Waals surface area contributed by atoms with Gasteiger partial charge in [0.2, 0.25) is 0 Å². The summed E-state index contributed by atoms with van der Waals surface area (Å²) in [4.78, 5) is 23.5. The second kappa shape index (κ2) is 5.92. The minimum absolute atomic E-state index is 0.0313. The zero-order valence-electron chi connectivity index (χ0n) is 13.3. The van der Waals surface area contributed by atoms with Gasteiger partial charge >= 0.3 is 11.0 Å². The third-order valence-electron chi connectivity index (χ3n) is 4.06. The van der Waals surface area contributed by atoms with Crippen LogP contribution in [0.2, 0.25) is 0 Å². The largest absolute Gasteiger partial charge is 0.507 e. The fourth-order valence-electron chi connectivity index (χ4n) is 2.80. The van der Waals surface area contributed by atoms with Gasteiger partial charge in [-0.2, -0.15) is 8.78 Å². The van der Waals surface area contributed by atoms with Gasteiger partial charge < -0.3 is 13.9 Å².